The summed E-state index contributed by atoms with van der Waals surface area (Å²) in [5.41, 5.74) is 5.93. The Labute approximate surface area is 98.0 Å². The molecule has 1 atom stereocenters. The van der Waals surface area contributed by atoms with E-state index >= 15 is 0 Å². The van der Waals surface area contributed by atoms with Crippen LogP contribution in [0.15, 0.2) is 6.20 Å². The Bertz CT molecular complexity index is 417. The van der Waals surface area contributed by atoms with Crippen LogP contribution < -0.4 is 5.73 Å². The van der Waals surface area contributed by atoms with Crippen molar-refractivity contribution in [3.05, 3.63) is 11.9 Å². The third-order valence-electron chi connectivity index (χ3n) is 2.42. The number of carboxylic acid groups (broad SMARTS) is 1. The van der Waals surface area contributed by atoms with Crippen LogP contribution in [0.25, 0.3) is 0 Å². The second-order valence-corrected chi connectivity index (χ2v) is 3.63. The van der Waals surface area contributed by atoms with Gasteiger partial charge in [0.05, 0.1) is 11.9 Å². The van der Waals surface area contributed by atoms with Gasteiger partial charge in [0.2, 0.25) is 5.91 Å². The van der Waals surface area contributed by atoms with E-state index in [-0.39, 0.29) is 19.0 Å². The summed E-state index contributed by atoms with van der Waals surface area (Å²) in [7, 11) is 1.43. The van der Waals surface area contributed by atoms with E-state index in [4.69, 9.17) is 10.8 Å². The van der Waals surface area contributed by atoms with Crippen LogP contribution in [-0.2, 0) is 22.7 Å². The first-order chi connectivity index (χ1) is 7.95. The van der Waals surface area contributed by atoms with E-state index in [2.05, 4.69) is 10.3 Å². The fourth-order valence-corrected chi connectivity index (χ4v) is 1.14. The summed E-state index contributed by atoms with van der Waals surface area (Å²) >= 11 is 0. The average molecular weight is 241 g/mol. The lowest BCUT2D eigenvalue weighted by Gasteiger charge is -2.21. The number of rotatable bonds is 5. The van der Waals surface area contributed by atoms with Crippen molar-refractivity contribution in [2.45, 2.75) is 26.1 Å². The molecule has 17 heavy (non-hydrogen) atoms. The summed E-state index contributed by atoms with van der Waals surface area (Å²) in [5, 5.41) is 16.2. The number of aliphatic carboxylic acids is 1. The molecule has 3 N–H and O–H groups in total. The molecule has 1 rings (SSSR count). The summed E-state index contributed by atoms with van der Waals surface area (Å²) < 4.78 is 1.33. The van der Waals surface area contributed by atoms with E-state index in [1.807, 2.05) is 0 Å². The molecule has 0 aliphatic rings. The van der Waals surface area contributed by atoms with Crippen LogP contribution in [0.4, 0.5) is 0 Å². The summed E-state index contributed by atoms with van der Waals surface area (Å²) in [5.74, 6) is -1.41. The minimum Gasteiger partial charge on any atom is -0.480 e. The van der Waals surface area contributed by atoms with Crippen LogP contribution in [-0.4, -0.2) is 50.0 Å². The largest absolute Gasteiger partial charge is 0.480 e. The fraction of sp³-hybridized carbons (Fsp3) is 0.556. The number of hydrogen-bond acceptors (Lipinski definition) is 5. The lowest BCUT2D eigenvalue weighted by atomic mass is 10.3. The Morgan fingerprint density at radius 3 is 2.76 bits per heavy atom. The quantitative estimate of drug-likeness (QED) is 0.660. The molecule has 0 bridgehead atoms. The van der Waals surface area contributed by atoms with Gasteiger partial charge in [-0.15, -0.1) is 5.10 Å². The maximum Gasteiger partial charge on any atom is 0.326 e. The molecule has 0 spiro atoms. The van der Waals surface area contributed by atoms with Crippen molar-refractivity contribution in [2.75, 3.05) is 7.05 Å². The fourth-order valence-electron chi connectivity index (χ4n) is 1.14. The van der Waals surface area contributed by atoms with Crippen molar-refractivity contribution in [1.29, 1.82) is 0 Å². The first-order valence-electron chi connectivity index (χ1n) is 5.03. The number of nitrogens with two attached hydrogens (primary N) is 1. The molecule has 1 unspecified atom stereocenters. The van der Waals surface area contributed by atoms with Crippen LogP contribution >= 0.6 is 0 Å². The van der Waals surface area contributed by atoms with Crippen molar-refractivity contribution in [2.24, 2.45) is 5.73 Å². The van der Waals surface area contributed by atoms with Crippen molar-refractivity contribution >= 4 is 11.9 Å². The minimum atomic E-state index is -1.05. The molecule has 0 fully saturated rings. The normalized spacial score (nSPS) is 12.2. The number of carbonyl (C=O) groups is 2. The van der Waals surface area contributed by atoms with Crippen molar-refractivity contribution in [1.82, 2.24) is 19.9 Å². The highest BCUT2D eigenvalue weighted by Crippen LogP contribution is 1.99. The van der Waals surface area contributed by atoms with E-state index in [1.165, 1.54) is 18.7 Å². The lowest BCUT2D eigenvalue weighted by Crippen LogP contribution is -2.41. The van der Waals surface area contributed by atoms with Gasteiger partial charge in [0, 0.05) is 13.6 Å². The zero-order chi connectivity index (χ0) is 13.0. The highest BCUT2D eigenvalue weighted by Gasteiger charge is 2.21. The predicted octanol–water partition coefficient (Wildman–Crippen LogP) is -1.33. The van der Waals surface area contributed by atoms with Crippen LogP contribution in [0.5, 0.6) is 0 Å². The molecule has 94 valence electrons. The predicted molar refractivity (Wildman–Crippen MR) is 57.8 cm³/mol. The third-order valence-corrected chi connectivity index (χ3v) is 2.42. The van der Waals surface area contributed by atoms with Gasteiger partial charge in [0.15, 0.2) is 0 Å². The van der Waals surface area contributed by atoms with E-state index in [9.17, 15) is 9.59 Å². The monoisotopic (exact) mass is 241 g/mol. The number of likely N-dealkylation sites (N-methyl/N-ethyl adjacent to an activating group) is 1. The molecule has 8 heteroatoms. The van der Waals surface area contributed by atoms with Gasteiger partial charge in [0.25, 0.3) is 0 Å². The molecule has 1 aromatic heterocycles. The third kappa shape index (κ3) is 3.25. The Hall–Kier alpha value is -1.96. The number of hydrogen-bond donors (Lipinski definition) is 2. The molecule has 0 saturated carbocycles. The van der Waals surface area contributed by atoms with Gasteiger partial charge in [-0.1, -0.05) is 5.21 Å². The summed E-state index contributed by atoms with van der Waals surface area (Å²) in [6.07, 6.45) is 1.55. The first-order valence-corrected chi connectivity index (χ1v) is 5.03. The Morgan fingerprint density at radius 1 is 1.65 bits per heavy atom. The molecule has 1 heterocycles. The Morgan fingerprint density at radius 2 is 2.29 bits per heavy atom. The summed E-state index contributed by atoms with van der Waals surface area (Å²) in [6, 6.07) is -0.875. The van der Waals surface area contributed by atoms with Gasteiger partial charge in [-0.25, -0.2) is 9.48 Å². The van der Waals surface area contributed by atoms with Gasteiger partial charge in [-0.05, 0) is 6.92 Å². The molecular formula is C9H15N5O3. The zero-order valence-electron chi connectivity index (χ0n) is 9.70. The minimum absolute atomic E-state index is 0.0544. The molecule has 1 aromatic rings. The van der Waals surface area contributed by atoms with Gasteiger partial charge in [-0.3, -0.25) is 4.79 Å². The Kier molecular flexibility index (Phi) is 4.16. The van der Waals surface area contributed by atoms with Crippen molar-refractivity contribution < 1.29 is 14.7 Å². The molecule has 0 aliphatic carbocycles. The smallest absolute Gasteiger partial charge is 0.326 e. The van der Waals surface area contributed by atoms with E-state index in [0.717, 1.165) is 4.90 Å². The molecule has 0 aromatic carbocycles. The maximum absolute atomic E-state index is 11.7. The van der Waals surface area contributed by atoms with E-state index in [1.54, 1.807) is 6.20 Å². The maximum atomic E-state index is 11.7. The molecule has 0 radical (unpaired) electrons. The van der Waals surface area contributed by atoms with Gasteiger partial charge in [-0.2, -0.15) is 0 Å². The van der Waals surface area contributed by atoms with Crippen molar-refractivity contribution in [3.63, 3.8) is 0 Å². The molecule has 1 amide bonds. The van der Waals surface area contributed by atoms with Crippen LogP contribution in [0.2, 0.25) is 0 Å². The van der Waals surface area contributed by atoms with Gasteiger partial charge in [0.1, 0.15) is 12.6 Å². The standard InChI is InChI=1S/C9H15N5O3/c1-6(9(16)17)13(2)8(15)5-14-4-7(3-10)11-12-14/h4,6H,3,5,10H2,1-2H3,(H,16,17). The summed E-state index contributed by atoms with van der Waals surface area (Å²) in [6.45, 7) is 1.63. The number of aromatic nitrogens is 3. The van der Waals surface area contributed by atoms with Crippen LogP contribution in [0.3, 0.4) is 0 Å². The number of carbonyl (C=O) groups excluding carboxylic acids is 1. The Balaban J connectivity index is 2.62. The molecular weight excluding hydrogens is 226 g/mol. The van der Waals surface area contributed by atoms with Gasteiger partial charge >= 0.3 is 5.97 Å². The number of amides is 1. The van der Waals surface area contributed by atoms with Crippen LogP contribution in [0, 0.1) is 0 Å². The lowest BCUT2D eigenvalue weighted by molar-refractivity contribution is -0.148. The molecule has 0 aliphatic heterocycles. The average Bonchev–Trinajstić information content (AvgIpc) is 2.74. The second kappa shape index (κ2) is 5.39. The van der Waals surface area contributed by atoms with Gasteiger partial charge < -0.3 is 15.7 Å². The highest BCUT2D eigenvalue weighted by molar-refractivity contribution is 5.82. The highest BCUT2D eigenvalue weighted by atomic mass is 16.4. The SMILES string of the molecule is CC(C(=O)O)N(C)C(=O)Cn1cc(CN)nn1. The van der Waals surface area contributed by atoms with E-state index in [0.29, 0.717) is 5.69 Å². The number of nitrogens with zero attached hydrogens (tertiary/aromatic N) is 4. The summed E-state index contributed by atoms with van der Waals surface area (Å²) in [4.78, 5) is 23.5. The first kappa shape index (κ1) is 13.1. The topological polar surface area (TPSA) is 114 Å². The van der Waals surface area contributed by atoms with Crippen molar-refractivity contribution in [3.8, 4) is 0 Å². The number of carboxylic acids is 1. The van der Waals surface area contributed by atoms with E-state index < -0.39 is 12.0 Å². The molecule has 8 nitrogen and oxygen atoms in total. The second-order valence-electron chi connectivity index (χ2n) is 3.63. The molecule has 0 saturated heterocycles. The van der Waals surface area contributed by atoms with Crippen LogP contribution in [0.1, 0.15) is 12.6 Å². The zero-order valence-corrected chi connectivity index (χ0v) is 9.70.